The zero-order valence-electron chi connectivity index (χ0n) is 11.5. The maximum atomic E-state index is 12.1. The number of thiophene rings is 1. The van der Waals surface area contributed by atoms with Crippen LogP contribution in [-0.4, -0.2) is 12.4 Å². The minimum absolute atomic E-state index is 0.0529. The summed E-state index contributed by atoms with van der Waals surface area (Å²) in [5.74, 6) is 0.0529. The van der Waals surface area contributed by atoms with E-state index in [0.717, 1.165) is 21.6 Å². The highest BCUT2D eigenvalue weighted by atomic mass is 32.1. The third-order valence-corrected chi connectivity index (χ3v) is 4.05. The molecule has 2 nitrogen and oxygen atoms in total. The van der Waals surface area contributed by atoms with Gasteiger partial charge < -0.3 is 4.74 Å². The average molecular weight is 274 g/mol. The molecule has 0 fully saturated rings. The summed E-state index contributed by atoms with van der Waals surface area (Å²) in [5, 5.41) is 2.01. The van der Waals surface area contributed by atoms with Crippen molar-refractivity contribution in [3.63, 3.8) is 0 Å². The van der Waals surface area contributed by atoms with Crippen LogP contribution < -0.4 is 0 Å². The molecule has 0 N–H and O–H groups in total. The summed E-state index contributed by atoms with van der Waals surface area (Å²) in [5.41, 5.74) is 4.16. The predicted octanol–water partition coefficient (Wildman–Crippen LogP) is 4.07. The van der Waals surface area contributed by atoms with Crippen LogP contribution in [0.2, 0.25) is 0 Å². The Morgan fingerprint density at radius 3 is 2.58 bits per heavy atom. The number of rotatable bonds is 5. The van der Waals surface area contributed by atoms with Gasteiger partial charge in [0.15, 0.2) is 5.78 Å². The standard InChI is InChI=1S/C16H18O2S/c1-11-7-13(3)15(8-12(11)2)16(17)10-18-9-14-5-4-6-19-14/h4-8H,9-10H2,1-3H3. The minimum atomic E-state index is 0.0529. The SMILES string of the molecule is Cc1cc(C)c(C(=O)COCc2cccs2)cc1C. The van der Waals surface area contributed by atoms with Gasteiger partial charge in [0.05, 0.1) is 6.61 Å². The second-order valence-corrected chi connectivity index (χ2v) is 5.78. The summed E-state index contributed by atoms with van der Waals surface area (Å²) < 4.78 is 5.48. The van der Waals surface area contributed by atoms with Crippen molar-refractivity contribution >= 4 is 17.1 Å². The van der Waals surface area contributed by atoms with E-state index in [1.807, 2.05) is 37.4 Å². The number of ether oxygens (including phenoxy) is 1. The maximum Gasteiger partial charge on any atom is 0.188 e. The van der Waals surface area contributed by atoms with Gasteiger partial charge >= 0.3 is 0 Å². The highest BCUT2D eigenvalue weighted by molar-refractivity contribution is 7.09. The quantitative estimate of drug-likeness (QED) is 0.768. The van der Waals surface area contributed by atoms with Gasteiger partial charge in [0.25, 0.3) is 0 Å². The van der Waals surface area contributed by atoms with E-state index in [0.29, 0.717) is 6.61 Å². The molecule has 0 aliphatic heterocycles. The predicted molar refractivity (Wildman–Crippen MR) is 79.0 cm³/mol. The van der Waals surface area contributed by atoms with Crippen LogP contribution in [0, 0.1) is 20.8 Å². The molecular weight excluding hydrogens is 256 g/mol. The highest BCUT2D eigenvalue weighted by Gasteiger charge is 2.11. The lowest BCUT2D eigenvalue weighted by Gasteiger charge is -2.09. The van der Waals surface area contributed by atoms with E-state index < -0.39 is 0 Å². The molecule has 2 aromatic rings. The summed E-state index contributed by atoms with van der Waals surface area (Å²) in [4.78, 5) is 13.3. The molecule has 0 amide bonds. The van der Waals surface area contributed by atoms with Crippen LogP contribution in [0.4, 0.5) is 0 Å². The van der Waals surface area contributed by atoms with Gasteiger partial charge in [-0.1, -0.05) is 12.1 Å². The molecule has 0 saturated heterocycles. The fraction of sp³-hybridized carbons (Fsp3) is 0.312. The van der Waals surface area contributed by atoms with Crippen molar-refractivity contribution in [2.75, 3.05) is 6.61 Å². The Morgan fingerprint density at radius 1 is 1.16 bits per heavy atom. The van der Waals surface area contributed by atoms with E-state index >= 15 is 0 Å². The Morgan fingerprint density at radius 2 is 1.89 bits per heavy atom. The molecule has 0 aliphatic rings. The molecule has 0 atom stereocenters. The van der Waals surface area contributed by atoms with Gasteiger partial charge in [-0.3, -0.25) is 4.79 Å². The summed E-state index contributed by atoms with van der Waals surface area (Å²) in [6, 6.07) is 8.01. The molecule has 0 saturated carbocycles. The fourth-order valence-corrected chi connectivity index (χ4v) is 2.62. The van der Waals surface area contributed by atoms with Crippen LogP contribution in [0.1, 0.15) is 31.9 Å². The normalized spacial score (nSPS) is 10.7. The van der Waals surface area contributed by atoms with Crippen LogP contribution in [-0.2, 0) is 11.3 Å². The first-order valence-corrected chi connectivity index (χ1v) is 7.17. The largest absolute Gasteiger partial charge is 0.368 e. The van der Waals surface area contributed by atoms with Crippen molar-refractivity contribution in [2.45, 2.75) is 27.4 Å². The van der Waals surface area contributed by atoms with Crippen LogP contribution in [0.5, 0.6) is 0 Å². The molecule has 0 aliphatic carbocycles. The fourth-order valence-electron chi connectivity index (χ4n) is 1.98. The Hall–Kier alpha value is -1.45. The molecule has 100 valence electrons. The number of ketones is 1. The minimum Gasteiger partial charge on any atom is -0.368 e. The van der Waals surface area contributed by atoms with Crippen molar-refractivity contribution in [2.24, 2.45) is 0 Å². The number of aryl methyl sites for hydroxylation is 3. The lowest BCUT2D eigenvalue weighted by atomic mass is 9.98. The molecule has 19 heavy (non-hydrogen) atoms. The second-order valence-electron chi connectivity index (χ2n) is 4.75. The molecule has 0 spiro atoms. The molecule has 0 unspecified atom stereocenters. The van der Waals surface area contributed by atoms with Crippen LogP contribution in [0.25, 0.3) is 0 Å². The first-order chi connectivity index (χ1) is 9.08. The number of hydrogen-bond donors (Lipinski definition) is 0. The zero-order valence-corrected chi connectivity index (χ0v) is 12.3. The van der Waals surface area contributed by atoms with E-state index in [1.165, 1.54) is 5.56 Å². The zero-order chi connectivity index (χ0) is 13.8. The lowest BCUT2D eigenvalue weighted by molar-refractivity contribution is 0.0730. The van der Waals surface area contributed by atoms with Crippen LogP contribution in [0.15, 0.2) is 29.6 Å². The number of carbonyl (C=O) groups excluding carboxylic acids is 1. The van der Waals surface area contributed by atoms with Gasteiger partial charge in [-0.2, -0.15) is 0 Å². The monoisotopic (exact) mass is 274 g/mol. The lowest BCUT2D eigenvalue weighted by Crippen LogP contribution is -2.11. The third kappa shape index (κ3) is 3.52. The Kier molecular flexibility index (Phi) is 4.51. The Bertz CT molecular complexity index is 571. The molecule has 0 bridgehead atoms. The number of Topliss-reactive ketones (excluding diaryl/α,β-unsaturated/α-hetero) is 1. The molecule has 1 heterocycles. The van der Waals surface area contributed by atoms with Gasteiger partial charge in [0, 0.05) is 10.4 Å². The van der Waals surface area contributed by atoms with Gasteiger partial charge in [0.1, 0.15) is 6.61 Å². The van der Waals surface area contributed by atoms with E-state index in [1.54, 1.807) is 11.3 Å². The number of benzene rings is 1. The average Bonchev–Trinajstić information content (AvgIpc) is 2.86. The summed E-state index contributed by atoms with van der Waals surface area (Å²) in [6.45, 7) is 6.70. The van der Waals surface area contributed by atoms with Crippen molar-refractivity contribution in [3.8, 4) is 0 Å². The summed E-state index contributed by atoms with van der Waals surface area (Å²) in [6.07, 6.45) is 0. The smallest absolute Gasteiger partial charge is 0.188 e. The van der Waals surface area contributed by atoms with E-state index in [2.05, 4.69) is 13.0 Å². The number of hydrogen-bond acceptors (Lipinski definition) is 3. The highest BCUT2D eigenvalue weighted by Crippen LogP contribution is 2.16. The molecule has 1 aromatic heterocycles. The van der Waals surface area contributed by atoms with Crippen molar-refractivity contribution in [1.29, 1.82) is 0 Å². The maximum absolute atomic E-state index is 12.1. The van der Waals surface area contributed by atoms with Crippen molar-refractivity contribution in [3.05, 3.63) is 56.8 Å². The Balaban J connectivity index is 1.98. The van der Waals surface area contributed by atoms with Crippen LogP contribution in [0.3, 0.4) is 0 Å². The van der Waals surface area contributed by atoms with E-state index in [4.69, 9.17) is 4.74 Å². The molecule has 2 rings (SSSR count). The third-order valence-electron chi connectivity index (χ3n) is 3.20. The van der Waals surface area contributed by atoms with Gasteiger partial charge in [-0.15, -0.1) is 11.3 Å². The Labute approximate surface area is 118 Å². The van der Waals surface area contributed by atoms with Gasteiger partial charge in [-0.25, -0.2) is 0 Å². The van der Waals surface area contributed by atoms with Gasteiger partial charge in [0.2, 0.25) is 0 Å². The first-order valence-electron chi connectivity index (χ1n) is 6.29. The second kappa shape index (κ2) is 6.13. The van der Waals surface area contributed by atoms with Crippen molar-refractivity contribution in [1.82, 2.24) is 0 Å². The van der Waals surface area contributed by atoms with Gasteiger partial charge in [-0.05, 0) is 55.0 Å². The summed E-state index contributed by atoms with van der Waals surface area (Å²) >= 11 is 1.64. The molecule has 0 radical (unpaired) electrons. The van der Waals surface area contributed by atoms with E-state index in [-0.39, 0.29) is 12.4 Å². The molecular formula is C16H18O2S. The first kappa shape index (κ1) is 14.0. The van der Waals surface area contributed by atoms with Crippen LogP contribution >= 0.6 is 11.3 Å². The number of carbonyl (C=O) groups is 1. The molecule has 3 heteroatoms. The molecule has 1 aromatic carbocycles. The van der Waals surface area contributed by atoms with E-state index in [9.17, 15) is 4.79 Å². The van der Waals surface area contributed by atoms with Crippen molar-refractivity contribution < 1.29 is 9.53 Å². The topological polar surface area (TPSA) is 26.3 Å². The summed E-state index contributed by atoms with van der Waals surface area (Å²) in [7, 11) is 0.